The fourth-order valence-electron chi connectivity index (χ4n) is 3.54. The second-order valence-electron chi connectivity index (χ2n) is 7.00. The molecule has 2 aliphatic rings. The molecule has 2 aromatic rings. The smallest absolute Gasteiger partial charge is 0.257 e. The topological polar surface area (TPSA) is 93.4 Å². The molecule has 1 saturated carbocycles. The molecule has 148 valence electrons. The molecule has 0 bridgehead atoms. The van der Waals surface area contributed by atoms with Gasteiger partial charge >= 0.3 is 0 Å². The number of methoxy groups -OCH3 is 1. The first-order valence-electron chi connectivity index (χ1n) is 9.27. The van der Waals surface area contributed by atoms with Crippen molar-refractivity contribution in [3.63, 3.8) is 0 Å². The molecule has 0 N–H and O–H groups in total. The Labute approximate surface area is 167 Å². The molecule has 1 aliphatic carbocycles. The minimum absolute atomic E-state index is 0.169. The Bertz CT molecular complexity index is 876. The summed E-state index contributed by atoms with van der Waals surface area (Å²) in [6, 6.07) is 3.22. The van der Waals surface area contributed by atoms with Gasteiger partial charge in [-0.25, -0.2) is 0 Å². The quantitative estimate of drug-likeness (QED) is 0.764. The van der Waals surface area contributed by atoms with Gasteiger partial charge in [-0.15, -0.1) is 5.10 Å². The van der Waals surface area contributed by atoms with E-state index in [2.05, 4.69) is 15.5 Å². The molecular formula is C18H21ClN6O3. The van der Waals surface area contributed by atoms with Gasteiger partial charge in [-0.1, -0.05) is 18.0 Å². The number of carbonyl (C=O) groups is 2. The van der Waals surface area contributed by atoms with Gasteiger partial charge in [0.1, 0.15) is 12.1 Å². The largest absolute Gasteiger partial charge is 0.496 e. The Balaban J connectivity index is 1.49. The summed E-state index contributed by atoms with van der Waals surface area (Å²) < 4.78 is 6.82. The molecule has 4 rings (SSSR count). The highest BCUT2D eigenvalue weighted by Crippen LogP contribution is 2.31. The number of hydrogen-bond acceptors (Lipinski definition) is 6. The zero-order chi connectivity index (χ0) is 19.7. The summed E-state index contributed by atoms with van der Waals surface area (Å²) in [5.74, 6) is 0.635. The number of ether oxygens (including phenoxy) is 1. The van der Waals surface area contributed by atoms with Gasteiger partial charge in [0.05, 0.1) is 23.4 Å². The van der Waals surface area contributed by atoms with E-state index < -0.39 is 0 Å². The standard InChI is InChI=1S/C18H21ClN6O3/c1-28-16-10-15(25-11-20-21-22-25)14(19)9-13(16)18(27)24-7-5-23(6-8-24)17(26)12-3-2-4-12/h9-12H,2-8H2,1H3. The molecule has 1 aromatic heterocycles. The fraction of sp³-hybridized carbons (Fsp3) is 0.500. The number of hydrogen-bond donors (Lipinski definition) is 0. The monoisotopic (exact) mass is 404 g/mol. The number of tetrazole rings is 1. The van der Waals surface area contributed by atoms with E-state index >= 15 is 0 Å². The SMILES string of the molecule is COc1cc(-n2cnnn2)c(Cl)cc1C(=O)N1CCN(C(=O)C2CCC2)CC1. The molecule has 28 heavy (non-hydrogen) atoms. The van der Waals surface area contributed by atoms with Crippen LogP contribution in [0.15, 0.2) is 18.5 Å². The molecule has 1 saturated heterocycles. The number of benzene rings is 1. The summed E-state index contributed by atoms with van der Waals surface area (Å²) in [6.45, 7) is 2.10. The lowest BCUT2D eigenvalue weighted by Gasteiger charge is -2.38. The van der Waals surface area contributed by atoms with Crippen LogP contribution in [-0.4, -0.2) is 75.1 Å². The number of aromatic nitrogens is 4. The van der Waals surface area contributed by atoms with E-state index in [1.165, 1.54) is 18.1 Å². The molecule has 0 unspecified atom stereocenters. The van der Waals surface area contributed by atoms with Crippen LogP contribution in [0.5, 0.6) is 5.75 Å². The van der Waals surface area contributed by atoms with Gasteiger partial charge < -0.3 is 14.5 Å². The lowest BCUT2D eigenvalue weighted by molar-refractivity contribution is -0.139. The van der Waals surface area contributed by atoms with Gasteiger partial charge in [0.15, 0.2) is 0 Å². The van der Waals surface area contributed by atoms with Crippen LogP contribution in [0.4, 0.5) is 0 Å². The number of piperazine rings is 1. The maximum Gasteiger partial charge on any atom is 0.257 e. The Morgan fingerprint density at radius 3 is 2.43 bits per heavy atom. The number of nitrogens with zero attached hydrogens (tertiary/aromatic N) is 6. The highest BCUT2D eigenvalue weighted by Gasteiger charge is 2.32. The summed E-state index contributed by atoms with van der Waals surface area (Å²) in [5.41, 5.74) is 0.902. The van der Waals surface area contributed by atoms with Crippen molar-refractivity contribution in [3.8, 4) is 11.4 Å². The van der Waals surface area contributed by atoms with Gasteiger partial charge in [0.2, 0.25) is 5.91 Å². The van der Waals surface area contributed by atoms with Crippen LogP contribution >= 0.6 is 11.6 Å². The normalized spacial score (nSPS) is 17.4. The molecule has 0 spiro atoms. The predicted octanol–water partition coefficient (Wildman–Crippen LogP) is 1.41. The first-order valence-corrected chi connectivity index (χ1v) is 9.65. The minimum Gasteiger partial charge on any atom is -0.496 e. The maximum absolute atomic E-state index is 13.0. The molecule has 0 radical (unpaired) electrons. The van der Waals surface area contributed by atoms with Crippen molar-refractivity contribution < 1.29 is 14.3 Å². The van der Waals surface area contributed by atoms with Crippen molar-refractivity contribution in [3.05, 3.63) is 29.0 Å². The highest BCUT2D eigenvalue weighted by molar-refractivity contribution is 6.33. The molecular weight excluding hydrogens is 384 g/mol. The Morgan fingerprint density at radius 2 is 1.86 bits per heavy atom. The van der Waals surface area contributed by atoms with Gasteiger partial charge in [0, 0.05) is 38.2 Å². The van der Waals surface area contributed by atoms with E-state index in [1.807, 2.05) is 4.90 Å². The van der Waals surface area contributed by atoms with E-state index in [9.17, 15) is 9.59 Å². The third kappa shape index (κ3) is 3.42. The zero-order valence-electron chi connectivity index (χ0n) is 15.5. The minimum atomic E-state index is -0.169. The summed E-state index contributed by atoms with van der Waals surface area (Å²) in [6.07, 6.45) is 4.53. The molecule has 1 aliphatic heterocycles. The fourth-order valence-corrected chi connectivity index (χ4v) is 3.79. The van der Waals surface area contributed by atoms with Gasteiger partial charge in [-0.2, -0.15) is 4.68 Å². The van der Waals surface area contributed by atoms with Crippen molar-refractivity contribution in [1.29, 1.82) is 0 Å². The van der Waals surface area contributed by atoms with Gasteiger partial charge in [-0.3, -0.25) is 9.59 Å². The van der Waals surface area contributed by atoms with Crippen molar-refractivity contribution in [2.75, 3.05) is 33.3 Å². The van der Waals surface area contributed by atoms with E-state index in [1.54, 1.807) is 17.0 Å². The lowest BCUT2D eigenvalue weighted by atomic mass is 9.84. The first kappa shape index (κ1) is 18.7. The zero-order valence-corrected chi connectivity index (χ0v) is 16.3. The molecule has 10 heteroatoms. The lowest BCUT2D eigenvalue weighted by Crippen LogP contribution is -2.52. The van der Waals surface area contributed by atoms with Crippen LogP contribution in [0.1, 0.15) is 29.6 Å². The second-order valence-corrected chi connectivity index (χ2v) is 7.41. The van der Waals surface area contributed by atoms with E-state index in [0.717, 1.165) is 19.3 Å². The van der Waals surface area contributed by atoms with Crippen molar-refractivity contribution in [2.24, 2.45) is 5.92 Å². The van der Waals surface area contributed by atoms with Crippen LogP contribution in [0.2, 0.25) is 5.02 Å². The summed E-state index contributed by atoms with van der Waals surface area (Å²) >= 11 is 6.36. The average molecular weight is 405 g/mol. The third-order valence-electron chi connectivity index (χ3n) is 5.43. The highest BCUT2D eigenvalue weighted by atomic mass is 35.5. The maximum atomic E-state index is 13.0. The summed E-state index contributed by atoms with van der Waals surface area (Å²) in [5, 5.41) is 11.4. The Kier molecular flexibility index (Phi) is 5.17. The van der Waals surface area contributed by atoms with Gasteiger partial charge in [0.25, 0.3) is 5.91 Å². The number of carbonyl (C=O) groups excluding carboxylic acids is 2. The van der Waals surface area contributed by atoms with Crippen LogP contribution in [0.25, 0.3) is 5.69 Å². The second kappa shape index (κ2) is 7.75. The van der Waals surface area contributed by atoms with Crippen LogP contribution in [-0.2, 0) is 4.79 Å². The van der Waals surface area contributed by atoms with E-state index in [-0.39, 0.29) is 17.7 Å². The molecule has 9 nitrogen and oxygen atoms in total. The number of rotatable bonds is 4. The van der Waals surface area contributed by atoms with Crippen molar-refractivity contribution >= 4 is 23.4 Å². The van der Waals surface area contributed by atoms with Crippen LogP contribution in [0, 0.1) is 5.92 Å². The van der Waals surface area contributed by atoms with Crippen molar-refractivity contribution in [1.82, 2.24) is 30.0 Å². The van der Waals surface area contributed by atoms with E-state index in [0.29, 0.717) is 48.2 Å². The Hall–Kier alpha value is -2.68. The Morgan fingerprint density at radius 1 is 1.14 bits per heavy atom. The van der Waals surface area contributed by atoms with Crippen molar-refractivity contribution in [2.45, 2.75) is 19.3 Å². The van der Waals surface area contributed by atoms with Crippen LogP contribution < -0.4 is 4.74 Å². The number of amides is 2. The molecule has 2 fully saturated rings. The summed E-state index contributed by atoms with van der Waals surface area (Å²) in [4.78, 5) is 29.0. The molecule has 2 amide bonds. The van der Waals surface area contributed by atoms with E-state index in [4.69, 9.17) is 16.3 Å². The van der Waals surface area contributed by atoms with Crippen LogP contribution in [0.3, 0.4) is 0 Å². The molecule has 0 atom stereocenters. The average Bonchev–Trinajstić information content (AvgIpc) is 3.20. The number of halogens is 1. The molecule has 1 aromatic carbocycles. The first-order chi connectivity index (χ1) is 13.6. The van der Waals surface area contributed by atoms with Gasteiger partial charge in [-0.05, 0) is 29.3 Å². The third-order valence-corrected chi connectivity index (χ3v) is 5.73. The molecule has 2 heterocycles. The predicted molar refractivity (Wildman–Crippen MR) is 101 cm³/mol. The summed E-state index contributed by atoms with van der Waals surface area (Å²) in [7, 11) is 1.50.